The van der Waals surface area contributed by atoms with Crippen molar-refractivity contribution in [3.8, 4) is 5.75 Å². The van der Waals surface area contributed by atoms with Gasteiger partial charge in [-0.2, -0.15) is 0 Å². The van der Waals surface area contributed by atoms with Crippen molar-refractivity contribution < 1.29 is 9.53 Å². The molecule has 5 rings (SSSR count). The standard InChI is InChI=1S/C22H26N4O2/c1-14-10-16-11-15(5-6-20(16)28-14)22(27)26-8-3-4-19(26)21-23-12-17-13-25(2)9-7-18(17)24-21/h5-6,11-12,14,19H,3-4,7-10,13H2,1-2H3/t14-,19-/m0/s1. The Morgan fingerprint density at radius 1 is 1.25 bits per heavy atom. The molecule has 0 aliphatic carbocycles. The quantitative estimate of drug-likeness (QED) is 0.804. The van der Waals surface area contributed by atoms with Crippen molar-refractivity contribution in [2.24, 2.45) is 0 Å². The highest BCUT2D eigenvalue weighted by Gasteiger charge is 2.34. The van der Waals surface area contributed by atoms with E-state index in [1.807, 2.05) is 29.3 Å². The minimum Gasteiger partial charge on any atom is -0.490 e. The fourth-order valence-corrected chi connectivity index (χ4v) is 4.63. The molecule has 6 nitrogen and oxygen atoms in total. The minimum atomic E-state index is -0.0270. The number of aromatic nitrogens is 2. The summed E-state index contributed by atoms with van der Waals surface area (Å²) < 4.78 is 5.77. The largest absolute Gasteiger partial charge is 0.490 e. The lowest BCUT2D eigenvalue weighted by Crippen LogP contribution is -2.33. The van der Waals surface area contributed by atoms with Gasteiger partial charge in [0.2, 0.25) is 0 Å². The first-order valence-corrected chi connectivity index (χ1v) is 10.2. The Morgan fingerprint density at radius 2 is 2.14 bits per heavy atom. The van der Waals surface area contributed by atoms with Crippen LogP contribution in [0.25, 0.3) is 0 Å². The van der Waals surface area contributed by atoms with Gasteiger partial charge in [-0.15, -0.1) is 0 Å². The number of hydrogen-bond donors (Lipinski definition) is 0. The first-order chi connectivity index (χ1) is 13.6. The Labute approximate surface area is 165 Å². The zero-order chi connectivity index (χ0) is 19.3. The second-order valence-corrected chi connectivity index (χ2v) is 8.30. The molecule has 146 valence electrons. The third kappa shape index (κ3) is 3.05. The molecular weight excluding hydrogens is 352 g/mol. The molecule has 4 heterocycles. The molecule has 1 aromatic heterocycles. The Bertz CT molecular complexity index is 929. The summed E-state index contributed by atoms with van der Waals surface area (Å²) in [5.41, 5.74) is 4.22. The van der Waals surface area contributed by atoms with Crippen LogP contribution in [0.3, 0.4) is 0 Å². The maximum absolute atomic E-state index is 13.3. The molecule has 0 bridgehead atoms. The summed E-state index contributed by atoms with van der Waals surface area (Å²) in [5, 5.41) is 0. The second kappa shape index (κ2) is 6.85. The van der Waals surface area contributed by atoms with Gasteiger partial charge in [0.25, 0.3) is 5.91 Å². The van der Waals surface area contributed by atoms with Crippen molar-refractivity contribution in [3.63, 3.8) is 0 Å². The molecule has 2 atom stereocenters. The van der Waals surface area contributed by atoms with Crippen LogP contribution in [0.1, 0.15) is 58.8 Å². The van der Waals surface area contributed by atoms with Gasteiger partial charge in [0.05, 0.1) is 6.04 Å². The minimum absolute atomic E-state index is 0.0270. The van der Waals surface area contributed by atoms with Crippen LogP contribution in [-0.2, 0) is 19.4 Å². The van der Waals surface area contributed by atoms with E-state index in [0.29, 0.717) is 0 Å². The van der Waals surface area contributed by atoms with E-state index in [1.54, 1.807) is 0 Å². The number of likely N-dealkylation sites (tertiary alicyclic amines) is 1. The molecule has 0 unspecified atom stereocenters. The number of hydrogen-bond acceptors (Lipinski definition) is 5. The summed E-state index contributed by atoms with van der Waals surface area (Å²) >= 11 is 0. The van der Waals surface area contributed by atoms with E-state index in [1.165, 1.54) is 5.56 Å². The van der Waals surface area contributed by atoms with Gasteiger partial charge in [0.1, 0.15) is 11.9 Å². The molecule has 0 saturated carbocycles. The van der Waals surface area contributed by atoms with E-state index in [2.05, 4.69) is 23.9 Å². The fraction of sp³-hybridized carbons (Fsp3) is 0.500. The lowest BCUT2D eigenvalue weighted by Gasteiger charge is -2.27. The van der Waals surface area contributed by atoms with Crippen molar-refractivity contribution in [2.45, 2.75) is 51.3 Å². The van der Waals surface area contributed by atoms with E-state index < -0.39 is 0 Å². The first-order valence-electron chi connectivity index (χ1n) is 10.2. The Balaban J connectivity index is 1.40. The van der Waals surface area contributed by atoms with E-state index in [-0.39, 0.29) is 18.1 Å². The Hall–Kier alpha value is -2.47. The number of carbonyl (C=O) groups excluding carboxylic acids is 1. The van der Waals surface area contributed by atoms with Crippen molar-refractivity contribution in [1.82, 2.24) is 19.8 Å². The molecule has 1 fully saturated rings. The van der Waals surface area contributed by atoms with E-state index >= 15 is 0 Å². The first kappa shape index (κ1) is 17.6. The number of nitrogens with zero attached hydrogens (tertiary/aromatic N) is 4. The molecule has 1 amide bonds. The second-order valence-electron chi connectivity index (χ2n) is 8.30. The summed E-state index contributed by atoms with van der Waals surface area (Å²) in [6.45, 7) is 4.74. The summed E-state index contributed by atoms with van der Waals surface area (Å²) in [7, 11) is 2.12. The highest BCUT2D eigenvalue weighted by Crippen LogP contribution is 2.34. The lowest BCUT2D eigenvalue weighted by molar-refractivity contribution is 0.0729. The van der Waals surface area contributed by atoms with Crippen molar-refractivity contribution in [1.29, 1.82) is 0 Å². The topological polar surface area (TPSA) is 58.6 Å². The number of rotatable bonds is 2. The van der Waals surface area contributed by atoms with Crippen molar-refractivity contribution >= 4 is 5.91 Å². The maximum Gasteiger partial charge on any atom is 0.254 e. The van der Waals surface area contributed by atoms with Crippen LogP contribution < -0.4 is 4.74 Å². The van der Waals surface area contributed by atoms with Gasteiger partial charge in [-0.05, 0) is 50.6 Å². The number of carbonyl (C=O) groups is 1. The molecular formula is C22H26N4O2. The van der Waals surface area contributed by atoms with Crippen molar-refractivity contribution in [3.05, 3.63) is 52.6 Å². The van der Waals surface area contributed by atoms with Crippen LogP contribution >= 0.6 is 0 Å². The van der Waals surface area contributed by atoms with Crippen LogP contribution in [0.15, 0.2) is 24.4 Å². The predicted molar refractivity (Wildman–Crippen MR) is 105 cm³/mol. The number of fused-ring (bicyclic) bond motifs is 2. The van der Waals surface area contributed by atoms with Crippen LogP contribution in [0, 0.1) is 0 Å². The number of ether oxygens (including phenoxy) is 1. The molecule has 28 heavy (non-hydrogen) atoms. The molecule has 2 aromatic rings. The van der Waals surface area contributed by atoms with Gasteiger partial charge >= 0.3 is 0 Å². The molecule has 6 heteroatoms. The Morgan fingerprint density at radius 3 is 3.04 bits per heavy atom. The van der Waals surface area contributed by atoms with E-state index in [9.17, 15) is 4.79 Å². The number of benzene rings is 1. The fourth-order valence-electron chi connectivity index (χ4n) is 4.63. The maximum atomic E-state index is 13.3. The van der Waals surface area contributed by atoms with E-state index in [0.717, 1.165) is 73.7 Å². The third-order valence-electron chi connectivity index (χ3n) is 6.10. The molecule has 3 aliphatic heterocycles. The monoisotopic (exact) mass is 378 g/mol. The highest BCUT2D eigenvalue weighted by atomic mass is 16.5. The lowest BCUT2D eigenvalue weighted by atomic mass is 10.1. The summed E-state index contributed by atoms with van der Waals surface area (Å²) in [6, 6.07) is 5.79. The van der Waals surface area contributed by atoms with Gasteiger partial charge in [-0.25, -0.2) is 9.97 Å². The van der Waals surface area contributed by atoms with Gasteiger partial charge in [0.15, 0.2) is 5.82 Å². The van der Waals surface area contributed by atoms with Gasteiger partial charge < -0.3 is 14.5 Å². The average Bonchev–Trinajstić information content (AvgIpc) is 3.32. The molecule has 0 radical (unpaired) electrons. The van der Waals surface area contributed by atoms with Gasteiger partial charge in [0, 0.05) is 55.5 Å². The smallest absolute Gasteiger partial charge is 0.254 e. The molecule has 0 spiro atoms. The summed E-state index contributed by atoms with van der Waals surface area (Å²) in [6.07, 6.45) is 5.87. The summed E-state index contributed by atoms with van der Waals surface area (Å²) in [4.78, 5) is 27.0. The van der Waals surface area contributed by atoms with E-state index in [4.69, 9.17) is 9.72 Å². The normalized spacial score (nSPS) is 24.0. The Kier molecular flexibility index (Phi) is 4.31. The zero-order valence-corrected chi connectivity index (χ0v) is 16.5. The number of amides is 1. The van der Waals surface area contributed by atoms with Crippen molar-refractivity contribution in [2.75, 3.05) is 20.1 Å². The SMILES string of the molecule is C[C@H]1Cc2cc(C(=O)N3CCC[C@H]3c3ncc4c(n3)CCN(C)C4)ccc2O1. The predicted octanol–water partition coefficient (Wildman–Crippen LogP) is 2.77. The number of likely N-dealkylation sites (N-methyl/N-ethyl adjacent to an activating group) is 1. The van der Waals surface area contributed by atoms with Crippen LogP contribution in [-0.4, -0.2) is 51.9 Å². The molecule has 0 N–H and O–H groups in total. The van der Waals surface area contributed by atoms with Gasteiger partial charge in [-0.1, -0.05) is 0 Å². The molecule has 3 aliphatic rings. The molecule has 1 aromatic carbocycles. The zero-order valence-electron chi connectivity index (χ0n) is 16.5. The van der Waals surface area contributed by atoms with Crippen LogP contribution in [0.4, 0.5) is 0 Å². The van der Waals surface area contributed by atoms with Crippen LogP contribution in [0.2, 0.25) is 0 Å². The molecule has 1 saturated heterocycles. The van der Waals surface area contributed by atoms with Crippen LogP contribution in [0.5, 0.6) is 5.75 Å². The third-order valence-corrected chi connectivity index (χ3v) is 6.10. The van der Waals surface area contributed by atoms with Gasteiger partial charge in [-0.3, -0.25) is 4.79 Å². The summed E-state index contributed by atoms with van der Waals surface area (Å²) in [5.74, 6) is 1.78. The average molecular weight is 378 g/mol. The highest BCUT2D eigenvalue weighted by molar-refractivity contribution is 5.95.